The maximum absolute atomic E-state index is 5.22. The first-order chi connectivity index (χ1) is 4.85. The summed E-state index contributed by atoms with van der Waals surface area (Å²) in [6.07, 6.45) is 7.69. The van der Waals surface area contributed by atoms with E-state index in [0.717, 1.165) is 6.54 Å². The molecule has 1 heteroatoms. The average Bonchev–Trinajstić information content (AvgIpc) is 1.90. The van der Waals surface area contributed by atoms with Gasteiger partial charge in [0.05, 0.1) is 13.1 Å². The Hall–Kier alpha value is -0.480. The van der Waals surface area contributed by atoms with Gasteiger partial charge >= 0.3 is 0 Å². The van der Waals surface area contributed by atoms with Gasteiger partial charge in [-0.15, -0.1) is 6.42 Å². The fraction of sp³-hybridized carbons (Fsp3) is 0.778. The minimum Gasteiger partial charge on any atom is -0.325 e. The molecule has 0 spiro atoms. The Labute approximate surface area is 64.4 Å². The zero-order valence-electron chi connectivity index (χ0n) is 7.11. The number of terminal acetylenes is 1. The van der Waals surface area contributed by atoms with E-state index in [2.05, 4.69) is 19.8 Å². The third kappa shape index (κ3) is 4.40. The minimum atomic E-state index is 0.891. The van der Waals surface area contributed by atoms with Crippen LogP contribution in [0, 0.1) is 12.3 Å². The predicted molar refractivity (Wildman–Crippen MR) is 45.0 cm³/mol. The van der Waals surface area contributed by atoms with Crippen LogP contribution < -0.4 is 4.90 Å². The molecule has 0 bridgehead atoms. The van der Waals surface area contributed by atoms with Crippen molar-refractivity contribution in [2.24, 2.45) is 0 Å². The van der Waals surface area contributed by atoms with Crippen molar-refractivity contribution < 1.29 is 4.90 Å². The lowest BCUT2D eigenvalue weighted by molar-refractivity contribution is -0.892. The van der Waals surface area contributed by atoms with E-state index in [1.54, 1.807) is 4.90 Å². The molecule has 0 aromatic rings. The Morgan fingerprint density at radius 1 is 1.20 bits per heavy atom. The van der Waals surface area contributed by atoms with Crippen molar-refractivity contribution in [2.45, 2.75) is 26.7 Å². The second-order valence-corrected chi connectivity index (χ2v) is 2.63. The van der Waals surface area contributed by atoms with E-state index in [4.69, 9.17) is 6.42 Å². The number of quaternary nitrogens is 1. The Morgan fingerprint density at radius 2 is 1.70 bits per heavy atom. The first-order valence-corrected chi connectivity index (χ1v) is 4.12. The summed E-state index contributed by atoms with van der Waals surface area (Å²) in [5, 5.41) is 0. The molecule has 0 heterocycles. The van der Waals surface area contributed by atoms with Gasteiger partial charge in [-0.1, -0.05) is 13.8 Å². The van der Waals surface area contributed by atoms with Crippen LogP contribution >= 0.6 is 0 Å². The Kier molecular flexibility index (Phi) is 6.32. The van der Waals surface area contributed by atoms with Crippen LogP contribution in [0.5, 0.6) is 0 Å². The molecule has 0 aliphatic carbocycles. The van der Waals surface area contributed by atoms with Crippen molar-refractivity contribution in [3.05, 3.63) is 0 Å². The fourth-order valence-electron chi connectivity index (χ4n) is 1.15. The lowest BCUT2D eigenvalue weighted by atomic mass is 10.3. The van der Waals surface area contributed by atoms with Gasteiger partial charge in [-0.3, -0.25) is 0 Å². The first kappa shape index (κ1) is 9.52. The molecule has 0 radical (unpaired) electrons. The van der Waals surface area contributed by atoms with E-state index in [9.17, 15) is 0 Å². The summed E-state index contributed by atoms with van der Waals surface area (Å²) in [7, 11) is 0. The minimum absolute atomic E-state index is 0.891. The van der Waals surface area contributed by atoms with E-state index in [1.807, 2.05) is 0 Å². The Bertz CT molecular complexity index is 95.8. The molecule has 0 saturated heterocycles. The fourth-order valence-corrected chi connectivity index (χ4v) is 1.15. The highest BCUT2D eigenvalue weighted by molar-refractivity contribution is 4.81. The van der Waals surface area contributed by atoms with Gasteiger partial charge < -0.3 is 4.90 Å². The van der Waals surface area contributed by atoms with Crippen molar-refractivity contribution in [3.8, 4) is 12.3 Å². The van der Waals surface area contributed by atoms with Crippen molar-refractivity contribution in [1.82, 2.24) is 0 Å². The van der Waals surface area contributed by atoms with Crippen LogP contribution in [-0.2, 0) is 0 Å². The van der Waals surface area contributed by atoms with Gasteiger partial charge in [0.2, 0.25) is 0 Å². The number of hydrogen-bond donors (Lipinski definition) is 1. The maximum atomic E-state index is 5.22. The first-order valence-electron chi connectivity index (χ1n) is 4.12. The lowest BCUT2D eigenvalue weighted by Crippen LogP contribution is -3.11. The van der Waals surface area contributed by atoms with E-state index < -0.39 is 0 Å². The smallest absolute Gasteiger partial charge is 0.139 e. The summed E-state index contributed by atoms with van der Waals surface area (Å²) in [6, 6.07) is 0. The van der Waals surface area contributed by atoms with Crippen LogP contribution in [0.4, 0.5) is 0 Å². The SMILES string of the molecule is C#CC[NH+](CCC)CCC. The van der Waals surface area contributed by atoms with Gasteiger partial charge in [0.15, 0.2) is 0 Å². The van der Waals surface area contributed by atoms with Gasteiger partial charge in [0, 0.05) is 0 Å². The van der Waals surface area contributed by atoms with Crippen LogP contribution in [0.25, 0.3) is 0 Å². The Morgan fingerprint density at radius 3 is 2.00 bits per heavy atom. The second kappa shape index (κ2) is 6.64. The zero-order chi connectivity index (χ0) is 7.82. The number of hydrogen-bond acceptors (Lipinski definition) is 0. The summed E-state index contributed by atoms with van der Waals surface area (Å²) in [6.45, 7) is 7.73. The van der Waals surface area contributed by atoms with Crippen LogP contribution in [0.3, 0.4) is 0 Å². The molecule has 0 fully saturated rings. The largest absolute Gasteiger partial charge is 0.325 e. The van der Waals surface area contributed by atoms with E-state index >= 15 is 0 Å². The highest BCUT2D eigenvalue weighted by Gasteiger charge is 2.01. The van der Waals surface area contributed by atoms with Crippen molar-refractivity contribution >= 4 is 0 Å². The van der Waals surface area contributed by atoms with Gasteiger partial charge in [-0.2, -0.15) is 0 Å². The highest BCUT2D eigenvalue weighted by atomic mass is 15.1. The lowest BCUT2D eigenvalue weighted by Gasteiger charge is -2.14. The quantitative estimate of drug-likeness (QED) is 0.525. The molecule has 0 aliphatic rings. The topological polar surface area (TPSA) is 4.44 Å². The molecule has 1 N–H and O–H groups in total. The van der Waals surface area contributed by atoms with Crippen molar-refractivity contribution in [3.63, 3.8) is 0 Å². The summed E-state index contributed by atoms with van der Waals surface area (Å²) >= 11 is 0. The van der Waals surface area contributed by atoms with Gasteiger partial charge in [0.25, 0.3) is 0 Å². The Balaban J connectivity index is 3.42. The molecule has 0 unspecified atom stereocenters. The molecule has 10 heavy (non-hydrogen) atoms. The standard InChI is InChI=1S/C9H17N/c1-4-7-10(8-5-2)9-6-3/h1H,5-9H2,2-3H3/p+1. The van der Waals surface area contributed by atoms with Crippen molar-refractivity contribution in [2.75, 3.05) is 19.6 Å². The van der Waals surface area contributed by atoms with Gasteiger partial charge in [-0.25, -0.2) is 0 Å². The van der Waals surface area contributed by atoms with Crippen LogP contribution in [0.15, 0.2) is 0 Å². The molecule has 0 aromatic carbocycles. The van der Waals surface area contributed by atoms with E-state index in [0.29, 0.717) is 0 Å². The summed E-state index contributed by atoms with van der Waals surface area (Å²) in [5.74, 6) is 2.70. The second-order valence-electron chi connectivity index (χ2n) is 2.63. The molecular formula is C9H18N+. The molecular weight excluding hydrogens is 122 g/mol. The third-order valence-electron chi connectivity index (χ3n) is 1.56. The molecule has 0 atom stereocenters. The van der Waals surface area contributed by atoms with E-state index in [-0.39, 0.29) is 0 Å². The highest BCUT2D eigenvalue weighted by Crippen LogP contribution is 1.67. The molecule has 0 amide bonds. The molecule has 1 nitrogen and oxygen atoms in total. The molecule has 0 saturated carbocycles. The average molecular weight is 140 g/mol. The normalized spacial score (nSPS) is 9.80. The molecule has 0 aliphatic heterocycles. The monoisotopic (exact) mass is 140 g/mol. The van der Waals surface area contributed by atoms with Gasteiger partial charge in [0.1, 0.15) is 6.54 Å². The summed E-state index contributed by atoms with van der Waals surface area (Å²) < 4.78 is 0. The zero-order valence-corrected chi connectivity index (χ0v) is 7.11. The van der Waals surface area contributed by atoms with Crippen LogP contribution in [0.2, 0.25) is 0 Å². The number of nitrogens with one attached hydrogen (secondary N) is 1. The predicted octanol–water partition coefficient (Wildman–Crippen LogP) is 0.324. The third-order valence-corrected chi connectivity index (χ3v) is 1.56. The molecule has 0 rings (SSSR count). The van der Waals surface area contributed by atoms with Crippen LogP contribution in [0.1, 0.15) is 26.7 Å². The molecule has 58 valence electrons. The van der Waals surface area contributed by atoms with Crippen molar-refractivity contribution in [1.29, 1.82) is 0 Å². The van der Waals surface area contributed by atoms with Gasteiger partial charge in [-0.05, 0) is 18.8 Å². The van der Waals surface area contributed by atoms with Crippen LogP contribution in [-0.4, -0.2) is 19.6 Å². The maximum Gasteiger partial charge on any atom is 0.139 e. The summed E-state index contributed by atoms with van der Waals surface area (Å²) in [4.78, 5) is 1.55. The summed E-state index contributed by atoms with van der Waals surface area (Å²) in [5.41, 5.74) is 0. The van der Waals surface area contributed by atoms with E-state index in [1.165, 1.54) is 25.9 Å². The molecule has 0 aromatic heterocycles. The number of rotatable bonds is 5.